The first kappa shape index (κ1) is 18.0. The number of hydrogen-bond acceptors (Lipinski definition) is 3. The van der Waals surface area contributed by atoms with Crippen LogP contribution in [0.2, 0.25) is 5.15 Å². The molecule has 2 aliphatic rings. The second-order valence-corrected chi connectivity index (χ2v) is 7.73. The molecule has 2 fully saturated rings. The maximum atomic E-state index is 13.1. The molecule has 1 aliphatic heterocycles. The van der Waals surface area contributed by atoms with Crippen molar-refractivity contribution in [1.29, 1.82) is 0 Å². The third-order valence-electron chi connectivity index (χ3n) is 5.22. The Morgan fingerprint density at radius 3 is 2.63 bits per heavy atom. The lowest BCUT2D eigenvalue weighted by atomic mass is 9.96. The molecule has 1 saturated heterocycles. The topological polar surface area (TPSA) is 67.2 Å². The average Bonchev–Trinajstić information content (AvgIpc) is 3.45. The van der Waals surface area contributed by atoms with E-state index >= 15 is 0 Å². The Labute approximate surface area is 163 Å². The molecule has 4 rings (SSSR count). The molecule has 1 aliphatic carbocycles. The van der Waals surface area contributed by atoms with Gasteiger partial charge in [0.25, 0.3) is 5.91 Å². The summed E-state index contributed by atoms with van der Waals surface area (Å²) in [7, 11) is 0. The zero-order valence-corrected chi connectivity index (χ0v) is 16.1. The monoisotopic (exact) mass is 386 g/mol. The van der Waals surface area contributed by atoms with Crippen LogP contribution in [0, 0.1) is 12.8 Å². The van der Waals surface area contributed by atoms with Crippen LogP contribution in [-0.2, 0) is 4.79 Å². The van der Waals surface area contributed by atoms with Crippen LogP contribution in [0.4, 0.5) is 0 Å². The summed E-state index contributed by atoms with van der Waals surface area (Å²) in [5.74, 6) is -0.229. The van der Waals surface area contributed by atoms with E-state index < -0.39 is 0 Å². The standard InChI is InChI=1S/C20H23ClN4O2/c1-13-17(18(21)25(23-13)16-7-3-2-4-8-16)20(27)24-11-5-6-14(12-24)19(26)22-15-9-10-15/h2-4,7-8,14-15H,5-6,9-12H2,1H3,(H,22,26)/t14-/m0/s1. The van der Waals surface area contributed by atoms with Gasteiger partial charge in [-0.15, -0.1) is 0 Å². The Hall–Kier alpha value is -2.34. The Morgan fingerprint density at radius 2 is 1.93 bits per heavy atom. The maximum absolute atomic E-state index is 13.1. The second-order valence-electron chi connectivity index (χ2n) is 7.37. The first-order valence-electron chi connectivity index (χ1n) is 9.45. The van der Waals surface area contributed by atoms with Gasteiger partial charge in [-0.25, -0.2) is 4.68 Å². The predicted octanol–water partition coefficient (Wildman–Crippen LogP) is 2.96. The maximum Gasteiger partial charge on any atom is 0.258 e. The number of nitrogens with one attached hydrogen (secondary N) is 1. The van der Waals surface area contributed by atoms with E-state index in [9.17, 15) is 9.59 Å². The molecule has 6 nitrogen and oxygen atoms in total. The molecule has 1 N–H and O–H groups in total. The van der Waals surface area contributed by atoms with Crippen molar-refractivity contribution in [1.82, 2.24) is 20.0 Å². The van der Waals surface area contributed by atoms with Gasteiger partial charge < -0.3 is 10.2 Å². The van der Waals surface area contributed by atoms with Gasteiger partial charge in [0.05, 0.1) is 22.9 Å². The second kappa shape index (κ2) is 7.35. The quantitative estimate of drug-likeness (QED) is 0.878. The molecular formula is C20H23ClN4O2. The highest BCUT2D eigenvalue weighted by Gasteiger charge is 2.34. The number of carbonyl (C=O) groups is 2. The summed E-state index contributed by atoms with van der Waals surface area (Å²) in [5.41, 5.74) is 1.83. The molecule has 0 bridgehead atoms. The molecule has 1 aromatic carbocycles. The Balaban J connectivity index is 1.53. The van der Waals surface area contributed by atoms with Crippen molar-refractivity contribution in [3.05, 3.63) is 46.7 Å². The Morgan fingerprint density at radius 1 is 1.19 bits per heavy atom. The number of likely N-dealkylation sites (tertiary alicyclic amines) is 1. The van der Waals surface area contributed by atoms with Crippen molar-refractivity contribution in [2.75, 3.05) is 13.1 Å². The van der Waals surface area contributed by atoms with Crippen LogP contribution in [0.1, 0.15) is 41.7 Å². The molecule has 0 unspecified atom stereocenters. The lowest BCUT2D eigenvalue weighted by Gasteiger charge is -2.32. The lowest BCUT2D eigenvalue weighted by Crippen LogP contribution is -2.46. The van der Waals surface area contributed by atoms with Crippen LogP contribution in [0.3, 0.4) is 0 Å². The van der Waals surface area contributed by atoms with Crippen LogP contribution >= 0.6 is 11.6 Å². The van der Waals surface area contributed by atoms with Gasteiger partial charge in [0, 0.05) is 19.1 Å². The number of hydrogen-bond donors (Lipinski definition) is 1. The summed E-state index contributed by atoms with van der Waals surface area (Å²) in [6, 6.07) is 9.84. The molecule has 1 aromatic heterocycles. The Kier molecular flexibility index (Phi) is 4.91. The highest BCUT2D eigenvalue weighted by molar-refractivity contribution is 6.33. The van der Waals surface area contributed by atoms with E-state index in [-0.39, 0.29) is 17.7 Å². The number of halogens is 1. The number of para-hydroxylation sites is 1. The molecule has 2 heterocycles. The van der Waals surface area contributed by atoms with Crippen molar-refractivity contribution in [3.63, 3.8) is 0 Å². The van der Waals surface area contributed by atoms with Crippen molar-refractivity contribution in [2.45, 2.75) is 38.6 Å². The summed E-state index contributed by atoms with van der Waals surface area (Å²) in [4.78, 5) is 27.3. The summed E-state index contributed by atoms with van der Waals surface area (Å²) < 4.78 is 1.59. The van der Waals surface area contributed by atoms with Crippen molar-refractivity contribution < 1.29 is 9.59 Å². The van der Waals surface area contributed by atoms with E-state index in [2.05, 4.69) is 10.4 Å². The molecule has 0 spiro atoms. The fourth-order valence-corrected chi connectivity index (χ4v) is 3.92. The molecule has 2 aromatic rings. The first-order chi connectivity index (χ1) is 13.0. The molecule has 7 heteroatoms. The number of aromatic nitrogens is 2. The fourth-order valence-electron chi connectivity index (χ4n) is 3.56. The summed E-state index contributed by atoms with van der Waals surface area (Å²) in [6.07, 6.45) is 3.76. The summed E-state index contributed by atoms with van der Waals surface area (Å²) in [6.45, 7) is 2.86. The van der Waals surface area contributed by atoms with Crippen LogP contribution in [-0.4, -0.2) is 45.6 Å². The largest absolute Gasteiger partial charge is 0.353 e. The number of nitrogens with zero attached hydrogens (tertiary/aromatic N) is 3. The van der Waals surface area contributed by atoms with Gasteiger partial charge in [0.2, 0.25) is 5.91 Å². The van der Waals surface area contributed by atoms with E-state index in [1.54, 1.807) is 16.5 Å². The van der Waals surface area contributed by atoms with Crippen LogP contribution in [0.5, 0.6) is 0 Å². The third kappa shape index (κ3) is 3.72. The number of rotatable bonds is 4. The van der Waals surface area contributed by atoms with Gasteiger partial charge in [-0.05, 0) is 44.7 Å². The van der Waals surface area contributed by atoms with E-state index in [1.165, 1.54) is 0 Å². The SMILES string of the molecule is Cc1nn(-c2ccccc2)c(Cl)c1C(=O)N1CCC[C@H](C(=O)NC2CC2)C1. The van der Waals surface area contributed by atoms with E-state index in [4.69, 9.17) is 11.6 Å². The smallest absolute Gasteiger partial charge is 0.258 e. The Bertz CT molecular complexity index is 860. The minimum absolute atomic E-state index is 0.0674. The van der Waals surface area contributed by atoms with Gasteiger partial charge in [-0.1, -0.05) is 29.8 Å². The summed E-state index contributed by atoms with van der Waals surface area (Å²) >= 11 is 6.53. The number of benzene rings is 1. The average molecular weight is 387 g/mol. The van der Waals surface area contributed by atoms with Crippen molar-refractivity contribution in [3.8, 4) is 5.69 Å². The minimum Gasteiger partial charge on any atom is -0.353 e. The van der Waals surface area contributed by atoms with Crippen LogP contribution in [0.15, 0.2) is 30.3 Å². The molecule has 0 radical (unpaired) electrons. The molecule has 2 amide bonds. The van der Waals surface area contributed by atoms with Crippen LogP contribution < -0.4 is 5.32 Å². The molecule has 1 atom stereocenters. The van der Waals surface area contributed by atoms with E-state index in [0.29, 0.717) is 35.5 Å². The normalized spacial score (nSPS) is 19.8. The number of amides is 2. The van der Waals surface area contributed by atoms with Gasteiger partial charge >= 0.3 is 0 Å². The predicted molar refractivity (Wildman–Crippen MR) is 103 cm³/mol. The summed E-state index contributed by atoms with van der Waals surface area (Å²) in [5, 5.41) is 7.82. The number of aryl methyl sites for hydroxylation is 1. The molecule has 142 valence electrons. The molecular weight excluding hydrogens is 364 g/mol. The zero-order valence-electron chi connectivity index (χ0n) is 15.3. The fraction of sp³-hybridized carbons (Fsp3) is 0.450. The van der Waals surface area contributed by atoms with Crippen molar-refractivity contribution >= 4 is 23.4 Å². The lowest BCUT2D eigenvalue weighted by molar-refractivity contribution is -0.126. The van der Waals surface area contributed by atoms with E-state index in [0.717, 1.165) is 31.4 Å². The minimum atomic E-state index is -0.149. The highest BCUT2D eigenvalue weighted by Crippen LogP contribution is 2.27. The highest BCUT2D eigenvalue weighted by atomic mass is 35.5. The number of piperidine rings is 1. The molecule has 1 saturated carbocycles. The third-order valence-corrected chi connectivity index (χ3v) is 5.57. The van der Waals surface area contributed by atoms with Gasteiger partial charge in [0.1, 0.15) is 5.15 Å². The zero-order chi connectivity index (χ0) is 19.0. The molecule has 27 heavy (non-hydrogen) atoms. The van der Waals surface area contributed by atoms with Crippen molar-refractivity contribution in [2.24, 2.45) is 5.92 Å². The first-order valence-corrected chi connectivity index (χ1v) is 9.82. The number of carbonyl (C=O) groups excluding carboxylic acids is 2. The van der Waals surface area contributed by atoms with Crippen LogP contribution in [0.25, 0.3) is 5.69 Å². The van der Waals surface area contributed by atoms with Gasteiger partial charge in [-0.2, -0.15) is 5.10 Å². The van der Waals surface area contributed by atoms with Gasteiger partial charge in [-0.3, -0.25) is 9.59 Å². The van der Waals surface area contributed by atoms with Gasteiger partial charge in [0.15, 0.2) is 0 Å². The van der Waals surface area contributed by atoms with E-state index in [1.807, 2.05) is 30.3 Å².